The molecule has 0 saturated heterocycles. The van der Waals surface area contributed by atoms with Gasteiger partial charge < -0.3 is 0 Å². The molecule has 1 nitrogen and oxygen atoms in total. The molecule has 0 bridgehead atoms. The van der Waals surface area contributed by atoms with E-state index in [1.54, 1.807) is 4.42 Å². The minimum absolute atomic E-state index is 0. The minimum Gasteiger partial charge on any atom is -0.221 e. The molecule has 0 aromatic carbocycles. The molecule has 0 saturated carbocycles. The molecule has 0 unspecified atom stereocenters. The molecule has 7 heavy (non-hydrogen) atoms. The fourth-order valence-electron chi connectivity index (χ4n) is 0.224. The van der Waals surface area contributed by atoms with E-state index in [2.05, 4.69) is 0 Å². The van der Waals surface area contributed by atoms with Crippen LogP contribution in [0.5, 0.6) is 0 Å². The topological polar surface area (TPSA) is 3.24 Å². The normalized spacial score (nSPS) is 8.57. The summed E-state index contributed by atoms with van der Waals surface area (Å²) in [5, 5.41) is 0. The number of nitrogens with zero attached hydrogens (tertiary/aromatic N) is 1. The van der Waals surface area contributed by atoms with Crippen molar-refractivity contribution in [1.82, 2.24) is 4.42 Å². The van der Waals surface area contributed by atoms with Gasteiger partial charge in [0.05, 0.1) is 0 Å². The minimum atomic E-state index is 0. The third-order valence-electron chi connectivity index (χ3n) is 0.686. The fourth-order valence-corrected chi connectivity index (χ4v) is 0.224. The first-order chi connectivity index (χ1) is 2.81. The zero-order valence-electron chi connectivity index (χ0n) is 4.74. The summed E-state index contributed by atoms with van der Waals surface area (Å²) in [5.41, 5.74) is 0. The number of hydrogen-bond donors (Lipinski definition) is 0. The van der Waals surface area contributed by atoms with Crippen LogP contribution in [0.1, 0.15) is 13.8 Å². The molecular weight excluding hydrogens is 145 g/mol. The van der Waals surface area contributed by atoms with E-state index in [-0.39, 0.29) is 21.7 Å². The van der Waals surface area contributed by atoms with E-state index in [0.717, 1.165) is 13.1 Å². The average Bonchev–Trinajstić information content (AvgIpc) is 1.65. The Morgan fingerprint density at radius 3 is 1.57 bits per heavy atom. The summed E-state index contributed by atoms with van der Waals surface area (Å²) in [4.78, 5) is 0. The summed E-state index contributed by atoms with van der Waals surface area (Å²) in [6.45, 7) is 5.91. The van der Waals surface area contributed by atoms with Crippen molar-refractivity contribution in [1.29, 1.82) is 0 Å². The van der Waals surface area contributed by atoms with Crippen LogP contribution in [0.4, 0.5) is 0 Å². The third kappa shape index (κ3) is 6.96. The molecule has 0 radical (unpaired) electrons. The standard InChI is InChI=1S/C4H10ClN.Ti/c1-3-6(5)4-2;/h3-4H2,1-2H3;. The zero-order valence-corrected chi connectivity index (χ0v) is 7.06. The van der Waals surface area contributed by atoms with Crippen molar-refractivity contribution in [3.63, 3.8) is 0 Å². The van der Waals surface area contributed by atoms with E-state index in [1.165, 1.54) is 0 Å². The van der Waals surface area contributed by atoms with Crippen molar-refractivity contribution in [2.24, 2.45) is 0 Å². The van der Waals surface area contributed by atoms with Gasteiger partial charge in [-0.25, -0.2) is 4.42 Å². The molecule has 3 heteroatoms. The Morgan fingerprint density at radius 2 is 1.57 bits per heavy atom. The van der Waals surface area contributed by atoms with Gasteiger partial charge in [-0.1, -0.05) is 13.8 Å². The van der Waals surface area contributed by atoms with Gasteiger partial charge in [-0.2, -0.15) is 0 Å². The second-order valence-corrected chi connectivity index (χ2v) is 1.57. The predicted octanol–water partition coefficient (Wildman–Crippen LogP) is 1.48. The molecule has 0 amide bonds. The summed E-state index contributed by atoms with van der Waals surface area (Å²) in [6.07, 6.45) is 0. The van der Waals surface area contributed by atoms with Crippen LogP contribution < -0.4 is 0 Å². The number of hydrogen-bond acceptors (Lipinski definition) is 1. The molecular formula is C4H10ClNTi. The van der Waals surface area contributed by atoms with Crippen molar-refractivity contribution in [3.8, 4) is 0 Å². The first-order valence-corrected chi connectivity index (χ1v) is 2.55. The molecule has 0 aromatic heterocycles. The monoisotopic (exact) mass is 155 g/mol. The van der Waals surface area contributed by atoms with Crippen LogP contribution in [-0.4, -0.2) is 17.5 Å². The van der Waals surface area contributed by atoms with Crippen LogP contribution >= 0.6 is 11.8 Å². The summed E-state index contributed by atoms with van der Waals surface area (Å²) in [7, 11) is 0. The van der Waals surface area contributed by atoms with E-state index in [4.69, 9.17) is 11.8 Å². The van der Waals surface area contributed by atoms with Gasteiger partial charge in [-0.15, -0.1) is 0 Å². The molecule has 0 fully saturated rings. The maximum Gasteiger partial charge on any atom is 0.0110 e. The van der Waals surface area contributed by atoms with Crippen LogP contribution in [-0.2, 0) is 21.7 Å². The van der Waals surface area contributed by atoms with E-state index in [0.29, 0.717) is 0 Å². The van der Waals surface area contributed by atoms with Gasteiger partial charge >= 0.3 is 0 Å². The Bertz CT molecular complexity index is 30.9. The van der Waals surface area contributed by atoms with Gasteiger partial charge in [0, 0.05) is 34.8 Å². The van der Waals surface area contributed by atoms with Crippen molar-refractivity contribution in [2.75, 3.05) is 13.1 Å². The average molecular weight is 155 g/mol. The van der Waals surface area contributed by atoms with Gasteiger partial charge in [0.1, 0.15) is 0 Å². The van der Waals surface area contributed by atoms with Crippen molar-refractivity contribution in [3.05, 3.63) is 0 Å². The molecule has 0 aromatic rings. The van der Waals surface area contributed by atoms with Gasteiger partial charge in [-0.05, 0) is 11.8 Å². The maximum absolute atomic E-state index is 5.48. The van der Waals surface area contributed by atoms with Crippen LogP contribution in [0.2, 0.25) is 0 Å². The van der Waals surface area contributed by atoms with Crippen molar-refractivity contribution in [2.45, 2.75) is 13.8 Å². The molecule has 0 aliphatic heterocycles. The molecule has 0 N–H and O–H groups in total. The molecule has 0 aliphatic rings. The van der Waals surface area contributed by atoms with Crippen LogP contribution in [0, 0.1) is 0 Å². The van der Waals surface area contributed by atoms with Gasteiger partial charge in [0.25, 0.3) is 0 Å². The molecule has 0 spiro atoms. The van der Waals surface area contributed by atoms with Gasteiger partial charge in [0.15, 0.2) is 0 Å². The second kappa shape index (κ2) is 6.96. The van der Waals surface area contributed by atoms with Gasteiger partial charge in [-0.3, -0.25) is 0 Å². The zero-order chi connectivity index (χ0) is 4.99. The number of rotatable bonds is 2. The smallest absolute Gasteiger partial charge is 0.0110 e. The van der Waals surface area contributed by atoms with Gasteiger partial charge in [0.2, 0.25) is 0 Å². The Morgan fingerprint density at radius 1 is 1.29 bits per heavy atom. The summed E-state index contributed by atoms with van der Waals surface area (Å²) in [5.74, 6) is 0. The molecule has 42 valence electrons. The van der Waals surface area contributed by atoms with E-state index in [1.807, 2.05) is 13.8 Å². The van der Waals surface area contributed by atoms with E-state index < -0.39 is 0 Å². The predicted molar refractivity (Wildman–Crippen MR) is 28.8 cm³/mol. The third-order valence-corrected chi connectivity index (χ3v) is 1.16. The van der Waals surface area contributed by atoms with Crippen LogP contribution in [0.3, 0.4) is 0 Å². The Kier molecular flexibility index (Phi) is 10.8. The molecule has 0 heterocycles. The second-order valence-electron chi connectivity index (χ2n) is 1.10. The molecule has 0 rings (SSSR count). The Balaban J connectivity index is 0. The molecule has 0 atom stereocenters. The fraction of sp³-hybridized carbons (Fsp3) is 1.00. The Labute approximate surface area is 65.0 Å². The summed E-state index contributed by atoms with van der Waals surface area (Å²) < 4.78 is 1.72. The van der Waals surface area contributed by atoms with Crippen LogP contribution in [0.25, 0.3) is 0 Å². The van der Waals surface area contributed by atoms with E-state index >= 15 is 0 Å². The first kappa shape index (κ1) is 10.9. The maximum atomic E-state index is 5.48. The summed E-state index contributed by atoms with van der Waals surface area (Å²) in [6, 6.07) is 0. The van der Waals surface area contributed by atoms with Crippen molar-refractivity contribution >= 4 is 11.8 Å². The largest absolute Gasteiger partial charge is 0.221 e. The first-order valence-electron chi connectivity index (χ1n) is 2.22. The van der Waals surface area contributed by atoms with Crippen molar-refractivity contribution < 1.29 is 21.7 Å². The Hall–Kier alpha value is 0.964. The molecule has 0 aliphatic carbocycles. The SMILES string of the molecule is CCN(Cl)CC.[Ti]. The van der Waals surface area contributed by atoms with Crippen LogP contribution in [0.15, 0.2) is 0 Å². The quantitative estimate of drug-likeness (QED) is 0.431. The summed E-state index contributed by atoms with van der Waals surface area (Å²) >= 11 is 5.48. The number of halogens is 1. The van der Waals surface area contributed by atoms with E-state index in [9.17, 15) is 0 Å².